The number of thiazole rings is 1. The van der Waals surface area contributed by atoms with Crippen molar-refractivity contribution in [3.05, 3.63) is 62.7 Å². The van der Waals surface area contributed by atoms with E-state index in [1.807, 2.05) is 24.4 Å². The number of hydrogen-bond acceptors (Lipinski definition) is 4. The number of hydrogen-bond donors (Lipinski definition) is 1. The number of carbonyl (C=O) groups is 1. The van der Waals surface area contributed by atoms with Crippen molar-refractivity contribution in [3.63, 3.8) is 0 Å². The summed E-state index contributed by atoms with van der Waals surface area (Å²) in [6.45, 7) is 2.18. The highest BCUT2D eigenvalue weighted by Gasteiger charge is 2.17. The van der Waals surface area contributed by atoms with Crippen molar-refractivity contribution >= 4 is 40.2 Å². The van der Waals surface area contributed by atoms with Crippen LogP contribution in [0, 0.1) is 12.7 Å². The summed E-state index contributed by atoms with van der Waals surface area (Å²) < 4.78 is 13.7. The van der Waals surface area contributed by atoms with Crippen LogP contribution in [0.25, 0.3) is 9.88 Å². The molecule has 2 aromatic heterocycles. The number of nitrogens with one attached hydrogen (secondary N) is 1. The van der Waals surface area contributed by atoms with Crippen LogP contribution in [0.15, 0.2) is 35.7 Å². The highest BCUT2D eigenvalue weighted by atomic mass is 35.5. The standard InChI is InChI=1S/C16H12ClFN2OS2/c1-9-13(23-16(20-9)12-6-3-7-22-12)8-19-15(21)14-10(17)4-2-5-11(14)18/h2-7H,8H2,1H3,(H,19,21). The van der Waals surface area contributed by atoms with Gasteiger partial charge in [-0.15, -0.1) is 22.7 Å². The fourth-order valence-corrected chi connectivity index (χ4v) is 4.11. The molecule has 7 heteroatoms. The average molecular weight is 367 g/mol. The van der Waals surface area contributed by atoms with Gasteiger partial charge in [0.2, 0.25) is 0 Å². The molecule has 3 rings (SSSR count). The van der Waals surface area contributed by atoms with E-state index in [1.54, 1.807) is 11.3 Å². The molecule has 118 valence electrons. The topological polar surface area (TPSA) is 42.0 Å². The number of nitrogens with zero attached hydrogens (tertiary/aromatic N) is 1. The molecule has 0 radical (unpaired) electrons. The molecule has 0 spiro atoms. The predicted octanol–water partition coefficient (Wildman–Crippen LogP) is 4.90. The molecule has 1 aromatic carbocycles. The molecule has 23 heavy (non-hydrogen) atoms. The second-order valence-electron chi connectivity index (χ2n) is 4.78. The van der Waals surface area contributed by atoms with Gasteiger partial charge >= 0.3 is 0 Å². The van der Waals surface area contributed by atoms with Crippen molar-refractivity contribution in [1.82, 2.24) is 10.3 Å². The van der Waals surface area contributed by atoms with Crippen LogP contribution < -0.4 is 5.32 Å². The Morgan fingerprint density at radius 2 is 2.17 bits per heavy atom. The van der Waals surface area contributed by atoms with E-state index in [0.29, 0.717) is 6.54 Å². The first-order valence-corrected chi connectivity index (χ1v) is 8.86. The first kappa shape index (κ1) is 16.1. The number of halogens is 2. The van der Waals surface area contributed by atoms with Gasteiger partial charge in [0, 0.05) is 4.88 Å². The van der Waals surface area contributed by atoms with Crippen LogP contribution in [0.2, 0.25) is 5.02 Å². The molecular formula is C16H12ClFN2OS2. The van der Waals surface area contributed by atoms with Crippen LogP contribution in [0.5, 0.6) is 0 Å². The second kappa shape index (κ2) is 6.78. The maximum atomic E-state index is 13.7. The van der Waals surface area contributed by atoms with Gasteiger partial charge in [0.15, 0.2) is 0 Å². The van der Waals surface area contributed by atoms with E-state index in [4.69, 9.17) is 11.6 Å². The van der Waals surface area contributed by atoms with Gasteiger partial charge in [-0.3, -0.25) is 4.79 Å². The fourth-order valence-electron chi connectivity index (χ4n) is 2.06. The summed E-state index contributed by atoms with van der Waals surface area (Å²) >= 11 is 9.04. The summed E-state index contributed by atoms with van der Waals surface area (Å²) in [5, 5.41) is 5.72. The summed E-state index contributed by atoms with van der Waals surface area (Å²) in [7, 11) is 0. The zero-order valence-electron chi connectivity index (χ0n) is 12.1. The van der Waals surface area contributed by atoms with E-state index in [9.17, 15) is 9.18 Å². The van der Waals surface area contributed by atoms with Gasteiger partial charge in [0.05, 0.1) is 27.7 Å². The Balaban J connectivity index is 1.75. The monoisotopic (exact) mass is 366 g/mol. The van der Waals surface area contributed by atoms with Gasteiger partial charge in [0.25, 0.3) is 5.91 Å². The molecule has 2 heterocycles. The zero-order chi connectivity index (χ0) is 16.4. The first-order valence-electron chi connectivity index (χ1n) is 6.78. The molecule has 0 unspecified atom stereocenters. The SMILES string of the molecule is Cc1nc(-c2cccs2)sc1CNC(=O)c1c(F)cccc1Cl. The molecule has 0 aliphatic carbocycles. The normalized spacial score (nSPS) is 10.7. The van der Waals surface area contributed by atoms with Gasteiger partial charge in [0.1, 0.15) is 10.8 Å². The number of amides is 1. The summed E-state index contributed by atoms with van der Waals surface area (Å²) in [6, 6.07) is 8.15. The predicted molar refractivity (Wildman–Crippen MR) is 92.7 cm³/mol. The van der Waals surface area contributed by atoms with Crippen LogP contribution in [0.1, 0.15) is 20.9 Å². The molecule has 0 saturated heterocycles. The highest BCUT2D eigenvalue weighted by molar-refractivity contribution is 7.21. The lowest BCUT2D eigenvalue weighted by atomic mass is 10.2. The highest BCUT2D eigenvalue weighted by Crippen LogP contribution is 2.31. The Kier molecular flexibility index (Phi) is 4.75. The average Bonchev–Trinajstić information content (AvgIpc) is 3.14. The molecule has 0 saturated carbocycles. The Morgan fingerprint density at radius 3 is 2.87 bits per heavy atom. The van der Waals surface area contributed by atoms with Crippen LogP contribution in [-0.2, 0) is 6.54 Å². The molecule has 0 fully saturated rings. The van der Waals surface area contributed by atoms with Gasteiger partial charge in [-0.25, -0.2) is 9.37 Å². The van der Waals surface area contributed by atoms with E-state index in [0.717, 1.165) is 20.5 Å². The maximum Gasteiger partial charge on any atom is 0.256 e. The summed E-state index contributed by atoms with van der Waals surface area (Å²) in [5.41, 5.74) is 0.730. The smallest absolute Gasteiger partial charge is 0.256 e. The minimum absolute atomic E-state index is 0.0998. The van der Waals surface area contributed by atoms with Gasteiger partial charge in [-0.1, -0.05) is 23.7 Å². The summed E-state index contributed by atoms with van der Waals surface area (Å²) in [5.74, 6) is -1.16. The quantitative estimate of drug-likeness (QED) is 0.713. The number of aryl methyl sites for hydroxylation is 1. The minimum atomic E-state index is -0.629. The third-order valence-corrected chi connectivity index (χ3v) is 5.74. The zero-order valence-corrected chi connectivity index (χ0v) is 14.5. The molecule has 0 bridgehead atoms. The third kappa shape index (κ3) is 3.44. The third-order valence-electron chi connectivity index (χ3n) is 3.22. The number of benzene rings is 1. The summed E-state index contributed by atoms with van der Waals surface area (Å²) in [4.78, 5) is 18.7. The summed E-state index contributed by atoms with van der Waals surface area (Å²) in [6.07, 6.45) is 0. The lowest BCUT2D eigenvalue weighted by Crippen LogP contribution is -2.24. The molecule has 3 aromatic rings. The second-order valence-corrected chi connectivity index (χ2v) is 7.22. The maximum absolute atomic E-state index is 13.7. The van der Waals surface area contributed by atoms with Crippen LogP contribution >= 0.6 is 34.3 Å². The van der Waals surface area contributed by atoms with Crippen LogP contribution in [0.3, 0.4) is 0 Å². The van der Waals surface area contributed by atoms with Crippen molar-refractivity contribution < 1.29 is 9.18 Å². The molecule has 0 atom stereocenters. The number of rotatable bonds is 4. The van der Waals surface area contributed by atoms with Crippen LogP contribution in [0.4, 0.5) is 4.39 Å². The molecule has 0 aliphatic rings. The Morgan fingerprint density at radius 1 is 1.35 bits per heavy atom. The number of aromatic nitrogens is 1. The molecule has 1 N–H and O–H groups in total. The van der Waals surface area contributed by atoms with E-state index in [1.165, 1.54) is 29.5 Å². The Hall–Kier alpha value is -1.76. The lowest BCUT2D eigenvalue weighted by molar-refractivity contribution is 0.0947. The van der Waals surface area contributed by atoms with Crippen molar-refractivity contribution in [2.24, 2.45) is 0 Å². The fraction of sp³-hybridized carbons (Fsp3) is 0.125. The van der Waals surface area contributed by atoms with E-state index in [-0.39, 0.29) is 10.6 Å². The Bertz CT molecular complexity index is 826. The minimum Gasteiger partial charge on any atom is -0.347 e. The van der Waals surface area contributed by atoms with Crippen LogP contribution in [-0.4, -0.2) is 10.9 Å². The van der Waals surface area contributed by atoms with E-state index in [2.05, 4.69) is 10.3 Å². The van der Waals surface area contributed by atoms with Crippen molar-refractivity contribution in [3.8, 4) is 9.88 Å². The largest absolute Gasteiger partial charge is 0.347 e. The molecule has 1 amide bonds. The van der Waals surface area contributed by atoms with Gasteiger partial charge in [-0.2, -0.15) is 0 Å². The number of carbonyl (C=O) groups excluding carboxylic acids is 1. The molecular weight excluding hydrogens is 355 g/mol. The van der Waals surface area contributed by atoms with Crippen molar-refractivity contribution in [1.29, 1.82) is 0 Å². The van der Waals surface area contributed by atoms with E-state index < -0.39 is 11.7 Å². The van der Waals surface area contributed by atoms with Crippen molar-refractivity contribution in [2.45, 2.75) is 13.5 Å². The van der Waals surface area contributed by atoms with Gasteiger partial charge < -0.3 is 5.32 Å². The number of thiophene rings is 1. The van der Waals surface area contributed by atoms with Gasteiger partial charge in [-0.05, 0) is 30.5 Å². The molecule has 3 nitrogen and oxygen atoms in total. The molecule has 0 aliphatic heterocycles. The Labute approximate surface area is 145 Å². The van der Waals surface area contributed by atoms with E-state index >= 15 is 0 Å². The van der Waals surface area contributed by atoms with Crippen molar-refractivity contribution in [2.75, 3.05) is 0 Å². The lowest BCUT2D eigenvalue weighted by Gasteiger charge is -2.06. The first-order chi connectivity index (χ1) is 11.1.